The van der Waals surface area contributed by atoms with Gasteiger partial charge >= 0.3 is 11.5 Å². The Bertz CT molecular complexity index is 1180. The zero-order valence-corrected chi connectivity index (χ0v) is 22.4. The summed E-state index contributed by atoms with van der Waals surface area (Å²) < 4.78 is 64.6. The number of halogens is 3. The number of nitrogens with zero attached hydrogens (tertiary/aromatic N) is 5. The lowest BCUT2D eigenvalue weighted by molar-refractivity contribution is -0.150. The van der Waals surface area contributed by atoms with E-state index in [-0.39, 0.29) is 34.7 Å². The molecule has 0 aromatic carbocycles. The average molecular weight is 606 g/mol. The molecule has 1 unspecified atom stereocenters. The summed E-state index contributed by atoms with van der Waals surface area (Å²) in [6.07, 6.45) is 0.634. The molecule has 1 fully saturated rings. The van der Waals surface area contributed by atoms with Crippen LogP contribution in [0.2, 0.25) is 0 Å². The SMILES string of the molecule is CCCNS(=O)(=O)CCn1nnnc1SCC1=C(C(=O)O)N2C(=O)C(NC(=O)CSC(F)(F)F)[C@H]2SC1. The van der Waals surface area contributed by atoms with E-state index in [1.165, 1.54) is 4.68 Å². The number of aryl methyl sites for hydroxylation is 1. The van der Waals surface area contributed by atoms with Gasteiger partial charge in [-0.3, -0.25) is 14.5 Å². The van der Waals surface area contributed by atoms with Gasteiger partial charge in [-0.1, -0.05) is 18.7 Å². The minimum Gasteiger partial charge on any atom is -0.477 e. The van der Waals surface area contributed by atoms with Crippen molar-refractivity contribution >= 4 is 63.1 Å². The molecule has 13 nitrogen and oxygen atoms in total. The number of carbonyl (C=O) groups is 3. The number of fused-ring (bicyclic) bond motifs is 1. The third-order valence-corrected chi connectivity index (χ3v) is 9.43. The molecule has 0 saturated carbocycles. The molecule has 0 spiro atoms. The molecule has 2 aliphatic heterocycles. The Morgan fingerprint density at radius 1 is 1.32 bits per heavy atom. The fourth-order valence-corrected chi connectivity index (χ4v) is 7.12. The Morgan fingerprint density at radius 2 is 2.05 bits per heavy atom. The van der Waals surface area contributed by atoms with Crippen molar-refractivity contribution in [3.05, 3.63) is 11.3 Å². The monoisotopic (exact) mass is 605 g/mol. The van der Waals surface area contributed by atoms with Crippen molar-refractivity contribution in [2.24, 2.45) is 0 Å². The van der Waals surface area contributed by atoms with Gasteiger partial charge in [0.2, 0.25) is 21.1 Å². The number of thioether (sulfide) groups is 3. The van der Waals surface area contributed by atoms with Crippen molar-refractivity contribution in [3.8, 4) is 0 Å². The number of carboxylic acid groups (broad SMARTS) is 1. The first-order valence-corrected chi connectivity index (χ1v) is 15.3. The fourth-order valence-electron chi connectivity index (χ4n) is 3.29. The normalized spacial score (nSPS) is 20.0. The van der Waals surface area contributed by atoms with Crippen molar-refractivity contribution in [2.75, 3.05) is 29.6 Å². The van der Waals surface area contributed by atoms with Crippen molar-refractivity contribution in [2.45, 2.75) is 42.0 Å². The zero-order valence-electron chi connectivity index (χ0n) is 19.1. The standard InChI is InChI=1S/C17H22F3N7O6S4/c1-2-3-21-37(32,33)5-4-26-16(23-24-25-26)35-7-9-6-34-14-11(13(29)27(14)12(9)15(30)31)22-10(28)8-36-17(18,19)20/h11,14,21H,2-8H2,1H3,(H,22,28)(H,30,31)/t11?,14-/m1/s1. The van der Waals surface area contributed by atoms with Crippen LogP contribution in [0.1, 0.15) is 13.3 Å². The number of tetrazole rings is 1. The number of rotatable bonds is 13. The summed E-state index contributed by atoms with van der Waals surface area (Å²) in [5.41, 5.74) is -4.50. The third-order valence-electron chi connectivity index (χ3n) is 4.95. The molecule has 0 aliphatic carbocycles. The van der Waals surface area contributed by atoms with E-state index in [4.69, 9.17) is 0 Å². The van der Waals surface area contributed by atoms with Crippen LogP contribution in [0, 0.1) is 0 Å². The number of nitrogens with one attached hydrogen (secondary N) is 2. The quantitative estimate of drug-likeness (QED) is 0.204. The molecule has 1 aromatic rings. The molecule has 1 aromatic heterocycles. The van der Waals surface area contributed by atoms with E-state index in [0.29, 0.717) is 18.5 Å². The first kappa shape index (κ1) is 29.5. The van der Waals surface area contributed by atoms with Crippen LogP contribution in [-0.4, -0.2) is 103 Å². The van der Waals surface area contributed by atoms with Gasteiger partial charge in [0.15, 0.2) is 0 Å². The summed E-state index contributed by atoms with van der Waals surface area (Å²) in [4.78, 5) is 37.4. The second-order valence-corrected chi connectivity index (χ2v) is 12.6. The number of carbonyl (C=O) groups excluding carboxylic acids is 2. The van der Waals surface area contributed by atoms with E-state index in [1.54, 1.807) is 0 Å². The Balaban J connectivity index is 1.63. The maximum absolute atomic E-state index is 12.6. The highest BCUT2D eigenvalue weighted by atomic mass is 32.2. The lowest BCUT2D eigenvalue weighted by Crippen LogP contribution is -2.70. The topological polar surface area (TPSA) is 176 Å². The fraction of sp³-hybridized carbons (Fsp3) is 0.647. The summed E-state index contributed by atoms with van der Waals surface area (Å²) in [5, 5.41) is 22.6. The largest absolute Gasteiger partial charge is 0.477 e. The van der Waals surface area contributed by atoms with E-state index in [9.17, 15) is 41.1 Å². The van der Waals surface area contributed by atoms with E-state index >= 15 is 0 Å². The number of sulfonamides is 1. The van der Waals surface area contributed by atoms with Gasteiger partial charge in [0.1, 0.15) is 17.1 Å². The number of alkyl halides is 3. The number of aromatic nitrogens is 4. The first-order valence-electron chi connectivity index (χ1n) is 10.6. The highest BCUT2D eigenvalue weighted by Crippen LogP contribution is 2.41. The van der Waals surface area contributed by atoms with Gasteiger partial charge in [-0.15, -0.1) is 16.9 Å². The van der Waals surface area contributed by atoms with Crippen molar-refractivity contribution in [1.82, 2.24) is 35.1 Å². The summed E-state index contributed by atoms with van der Waals surface area (Å²) in [6, 6.07) is -1.13. The highest BCUT2D eigenvalue weighted by Gasteiger charge is 2.54. The van der Waals surface area contributed by atoms with Gasteiger partial charge < -0.3 is 10.4 Å². The first-order chi connectivity index (χ1) is 17.3. The summed E-state index contributed by atoms with van der Waals surface area (Å²) in [5.74, 6) is -4.03. The molecular formula is C17H22F3N7O6S4. The predicted octanol–water partition coefficient (Wildman–Crippen LogP) is 0.0862. The summed E-state index contributed by atoms with van der Waals surface area (Å²) in [7, 11) is -3.53. The van der Waals surface area contributed by atoms with Crippen LogP contribution in [-0.2, 0) is 31.0 Å². The van der Waals surface area contributed by atoms with E-state index in [1.807, 2.05) is 6.92 Å². The lowest BCUT2D eigenvalue weighted by atomic mass is 10.0. The molecule has 206 valence electrons. The van der Waals surface area contributed by atoms with Crippen LogP contribution in [0.15, 0.2) is 16.4 Å². The van der Waals surface area contributed by atoms with Crippen LogP contribution in [0.3, 0.4) is 0 Å². The van der Waals surface area contributed by atoms with Gasteiger partial charge in [0.25, 0.3) is 5.91 Å². The van der Waals surface area contributed by atoms with Crippen molar-refractivity contribution in [3.63, 3.8) is 0 Å². The van der Waals surface area contributed by atoms with Crippen molar-refractivity contribution < 1.29 is 41.1 Å². The van der Waals surface area contributed by atoms with Gasteiger partial charge in [-0.2, -0.15) is 13.2 Å². The number of β-lactam (4-membered cyclic amide) rings is 1. The molecule has 0 radical (unpaired) electrons. The molecule has 2 atom stereocenters. The van der Waals surface area contributed by atoms with Gasteiger partial charge in [0.05, 0.1) is 18.1 Å². The molecule has 3 heterocycles. The molecule has 37 heavy (non-hydrogen) atoms. The lowest BCUT2D eigenvalue weighted by Gasteiger charge is -2.49. The Kier molecular flexibility index (Phi) is 9.75. The van der Waals surface area contributed by atoms with Crippen LogP contribution in [0.5, 0.6) is 0 Å². The van der Waals surface area contributed by atoms with Crippen LogP contribution < -0.4 is 10.0 Å². The predicted molar refractivity (Wildman–Crippen MR) is 129 cm³/mol. The van der Waals surface area contributed by atoms with Gasteiger partial charge in [-0.05, 0) is 34.2 Å². The second-order valence-electron chi connectivity index (χ2n) is 7.63. The molecule has 0 bridgehead atoms. The van der Waals surface area contributed by atoms with Gasteiger partial charge in [-0.25, -0.2) is 22.6 Å². The maximum Gasteiger partial charge on any atom is 0.442 e. The summed E-state index contributed by atoms with van der Waals surface area (Å²) >= 11 is 1.69. The second kappa shape index (κ2) is 12.2. The number of hydrogen-bond acceptors (Lipinski definition) is 11. The molecule has 3 rings (SSSR count). The maximum atomic E-state index is 12.6. The zero-order chi connectivity index (χ0) is 27.4. The molecule has 20 heteroatoms. The Labute approximate surface area is 221 Å². The molecule has 1 saturated heterocycles. The highest BCUT2D eigenvalue weighted by molar-refractivity contribution is 8.01. The molecule has 2 aliphatic rings. The average Bonchev–Trinajstić information content (AvgIpc) is 3.28. The molecule has 2 amide bonds. The Hall–Kier alpha value is -2.03. The molecule has 3 N–H and O–H groups in total. The van der Waals surface area contributed by atoms with Crippen molar-refractivity contribution in [1.29, 1.82) is 0 Å². The Morgan fingerprint density at radius 3 is 2.70 bits per heavy atom. The van der Waals surface area contributed by atoms with Crippen LogP contribution in [0.25, 0.3) is 0 Å². The smallest absolute Gasteiger partial charge is 0.442 e. The minimum absolute atomic E-state index is 0.0331. The minimum atomic E-state index is -4.60. The number of aliphatic carboxylic acids is 1. The van der Waals surface area contributed by atoms with E-state index in [2.05, 4.69) is 25.6 Å². The van der Waals surface area contributed by atoms with Crippen LogP contribution in [0.4, 0.5) is 13.2 Å². The van der Waals surface area contributed by atoms with Crippen LogP contribution >= 0.6 is 35.3 Å². The number of hydrogen-bond donors (Lipinski definition) is 3. The third kappa shape index (κ3) is 7.74. The van der Waals surface area contributed by atoms with E-state index < -0.39 is 62.2 Å². The molecular weight excluding hydrogens is 583 g/mol. The summed E-state index contributed by atoms with van der Waals surface area (Å²) in [6.45, 7) is 2.09. The number of amides is 2. The van der Waals surface area contributed by atoms with Gasteiger partial charge in [0, 0.05) is 18.1 Å². The van der Waals surface area contributed by atoms with E-state index in [0.717, 1.165) is 28.4 Å². The number of carboxylic acids is 1.